The highest BCUT2D eigenvalue weighted by atomic mass is 19.4. The number of alkyl halides is 3. The number of rotatable bonds is 6. The van der Waals surface area contributed by atoms with E-state index in [1.807, 2.05) is 11.8 Å². The van der Waals surface area contributed by atoms with Gasteiger partial charge in [0.05, 0.1) is 22.2 Å². The number of carboxylic acid groups (broad SMARTS) is 1. The third-order valence-electron chi connectivity index (χ3n) is 6.72. The topological polar surface area (TPSA) is 69.6 Å². The highest BCUT2D eigenvalue weighted by Gasteiger charge is 2.51. The molecule has 0 spiro atoms. The highest BCUT2D eigenvalue weighted by Crippen LogP contribution is 2.46. The van der Waals surface area contributed by atoms with Crippen molar-refractivity contribution in [3.05, 3.63) is 70.8 Å². The zero-order chi connectivity index (χ0) is 23.1. The lowest BCUT2D eigenvalue weighted by Crippen LogP contribution is -2.55. The number of hydrogen-bond donors (Lipinski definition) is 2. The molecule has 2 aromatic rings. The van der Waals surface area contributed by atoms with Crippen LogP contribution < -0.4 is 5.32 Å². The van der Waals surface area contributed by atoms with Gasteiger partial charge in [-0.05, 0) is 74.5 Å². The van der Waals surface area contributed by atoms with Gasteiger partial charge in [-0.25, -0.2) is 4.79 Å². The van der Waals surface area contributed by atoms with Gasteiger partial charge in [-0.3, -0.25) is 9.69 Å². The Morgan fingerprint density at radius 1 is 1.03 bits per heavy atom. The van der Waals surface area contributed by atoms with Gasteiger partial charge in [-0.2, -0.15) is 13.2 Å². The number of carbonyl (C=O) groups excluding carboxylic acids is 1. The molecule has 1 atom stereocenters. The van der Waals surface area contributed by atoms with E-state index in [1.54, 1.807) is 12.1 Å². The zero-order valence-corrected chi connectivity index (χ0v) is 17.7. The van der Waals surface area contributed by atoms with E-state index in [4.69, 9.17) is 5.11 Å². The molecule has 4 rings (SSSR count). The first-order chi connectivity index (χ1) is 15.0. The second-order valence-electron chi connectivity index (χ2n) is 8.91. The van der Waals surface area contributed by atoms with Gasteiger partial charge in [0.1, 0.15) is 0 Å². The molecular formula is C24H25F3N2O3. The van der Waals surface area contributed by atoms with E-state index in [1.165, 1.54) is 24.3 Å². The molecule has 1 saturated heterocycles. The van der Waals surface area contributed by atoms with Gasteiger partial charge in [0.25, 0.3) is 0 Å². The molecule has 5 nitrogen and oxygen atoms in total. The second kappa shape index (κ2) is 7.92. The van der Waals surface area contributed by atoms with E-state index in [0.29, 0.717) is 19.5 Å². The molecule has 2 aliphatic rings. The summed E-state index contributed by atoms with van der Waals surface area (Å²) in [6.45, 7) is 2.95. The summed E-state index contributed by atoms with van der Waals surface area (Å²) >= 11 is 0. The standard InChI is InChI=1S/C24H25F3N2O3/c1-22(11-2-14-29(22)15-16-3-7-19(8-4-16)24(25,26)27)21(32)28-23(12-13-23)18-9-5-17(6-10-18)20(30)31/h3-10H,2,11-15H2,1H3,(H,28,32)(H,30,31). The predicted molar refractivity (Wildman–Crippen MR) is 112 cm³/mol. The normalized spacial score (nSPS) is 22.5. The quantitative estimate of drug-likeness (QED) is 0.683. The zero-order valence-electron chi connectivity index (χ0n) is 17.7. The minimum atomic E-state index is -4.37. The minimum Gasteiger partial charge on any atom is -0.478 e. The SMILES string of the molecule is CC1(C(=O)NC2(c3ccc(C(=O)O)cc3)CC2)CCCN1Cc1ccc(C(F)(F)F)cc1. The number of nitrogens with one attached hydrogen (secondary N) is 1. The maximum absolute atomic E-state index is 13.4. The van der Waals surface area contributed by atoms with Gasteiger partial charge in [-0.15, -0.1) is 0 Å². The summed E-state index contributed by atoms with van der Waals surface area (Å²) in [7, 11) is 0. The van der Waals surface area contributed by atoms with Crippen LogP contribution in [0.15, 0.2) is 48.5 Å². The summed E-state index contributed by atoms with van der Waals surface area (Å²) < 4.78 is 38.5. The molecule has 8 heteroatoms. The average molecular weight is 446 g/mol. The number of aromatic carboxylic acids is 1. The number of amides is 1. The monoisotopic (exact) mass is 446 g/mol. The Balaban J connectivity index is 1.47. The van der Waals surface area contributed by atoms with Crippen molar-refractivity contribution < 1.29 is 27.9 Å². The van der Waals surface area contributed by atoms with Gasteiger partial charge in [-0.1, -0.05) is 24.3 Å². The number of benzene rings is 2. The third-order valence-corrected chi connectivity index (χ3v) is 6.72. The fourth-order valence-electron chi connectivity index (χ4n) is 4.44. The van der Waals surface area contributed by atoms with E-state index in [-0.39, 0.29) is 11.5 Å². The van der Waals surface area contributed by atoms with Crippen LogP contribution in [0.5, 0.6) is 0 Å². The Bertz CT molecular complexity index is 1010. The van der Waals surface area contributed by atoms with Crippen LogP contribution >= 0.6 is 0 Å². The summed E-state index contributed by atoms with van der Waals surface area (Å²) in [5.74, 6) is -1.11. The molecule has 1 aliphatic carbocycles. The molecule has 170 valence electrons. The molecule has 32 heavy (non-hydrogen) atoms. The van der Waals surface area contributed by atoms with Gasteiger partial charge in [0.15, 0.2) is 0 Å². The van der Waals surface area contributed by atoms with Crippen molar-refractivity contribution in [2.45, 2.75) is 56.4 Å². The lowest BCUT2D eigenvalue weighted by Gasteiger charge is -2.35. The van der Waals surface area contributed by atoms with Crippen LogP contribution in [-0.2, 0) is 23.1 Å². The van der Waals surface area contributed by atoms with Crippen molar-refractivity contribution in [3.8, 4) is 0 Å². The lowest BCUT2D eigenvalue weighted by atomic mass is 9.94. The van der Waals surface area contributed by atoms with Crippen molar-refractivity contribution >= 4 is 11.9 Å². The Morgan fingerprint density at radius 3 is 2.19 bits per heavy atom. The summed E-state index contributed by atoms with van der Waals surface area (Å²) in [4.78, 5) is 26.5. The first-order valence-corrected chi connectivity index (χ1v) is 10.6. The molecule has 0 bridgehead atoms. The molecule has 1 amide bonds. The van der Waals surface area contributed by atoms with Crippen LogP contribution in [-0.4, -0.2) is 34.0 Å². The van der Waals surface area contributed by atoms with E-state index >= 15 is 0 Å². The van der Waals surface area contributed by atoms with Gasteiger partial charge >= 0.3 is 12.1 Å². The van der Waals surface area contributed by atoms with Gasteiger partial charge < -0.3 is 10.4 Å². The number of halogens is 3. The first kappa shape index (κ1) is 22.3. The second-order valence-corrected chi connectivity index (χ2v) is 8.91. The van der Waals surface area contributed by atoms with Crippen LogP contribution in [0.4, 0.5) is 13.2 Å². The summed E-state index contributed by atoms with van der Waals surface area (Å²) in [6.07, 6.45) is -1.33. The van der Waals surface area contributed by atoms with Gasteiger partial charge in [0, 0.05) is 6.54 Å². The van der Waals surface area contributed by atoms with Crippen molar-refractivity contribution in [3.63, 3.8) is 0 Å². The number of hydrogen-bond acceptors (Lipinski definition) is 3. The van der Waals surface area contributed by atoms with Crippen LogP contribution in [0, 0.1) is 0 Å². The molecule has 1 aliphatic heterocycles. The average Bonchev–Trinajstić information content (AvgIpc) is 3.44. The van der Waals surface area contributed by atoms with Crippen molar-refractivity contribution in [1.29, 1.82) is 0 Å². The van der Waals surface area contributed by atoms with E-state index in [9.17, 15) is 22.8 Å². The van der Waals surface area contributed by atoms with E-state index in [0.717, 1.165) is 42.5 Å². The number of likely N-dealkylation sites (tertiary alicyclic amines) is 1. The summed E-state index contributed by atoms with van der Waals surface area (Å²) in [6, 6.07) is 11.6. The Morgan fingerprint density at radius 2 is 1.66 bits per heavy atom. The number of carboxylic acids is 1. The molecule has 1 saturated carbocycles. The highest BCUT2D eigenvalue weighted by molar-refractivity contribution is 5.88. The van der Waals surface area contributed by atoms with Crippen LogP contribution in [0.2, 0.25) is 0 Å². The molecule has 2 fully saturated rings. The van der Waals surface area contributed by atoms with Gasteiger partial charge in [0.2, 0.25) is 5.91 Å². The Kier molecular flexibility index (Phi) is 5.53. The summed E-state index contributed by atoms with van der Waals surface area (Å²) in [5, 5.41) is 12.3. The molecule has 2 aromatic carbocycles. The first-order valence-electron chi connectivity index (χ1n) is 10.6. The Labute approximate surface area is 184 Å². The maximum Gasteiger partial charge on any atom is 0.416 e. The summed E-state index contributed by atoms with van der Waals surface area (Å²) in [5.41, 5.74) is -0.135. The number of nitrogens with zero attached hydrogens (tertiary/aromatic N) is 1. The Hall–Kier alpha value is -2.87. The van der Waals surface area contributed by atoms with E-state index in [2.05, 4.69) is 5.32 Å². The largest absolute Gasteiger partial charge is 0.478 e. The van der Waals surface area contributed by atoms with E-state index < -0.39 is 28.8 Å². The van der Waals surface area contributed by atoms with Crippen molar-refractivity contribution in [2.75, 3.05) is 6.54 Å². The van der Waals surface area contributed by atoms with Crippen LogP contribution in [0.25, 0.3) is 0 Å². The van der Waals surface area contributed by atoms with Crippen molar-refractivity contribution in [2.24, 2.45) is 0 Å². The minimum absolute atomic E-state index is 0.110. The third kappa shape index (κ3) is 4.24. The molecular weight excluding hydrogens is 421 g/mol. The molecule has 0 aromatic heterocycles. The molecule has 1 unspecified atom stereocenters. The van der Waals surface area contributed by atoms with Crippen LogP contribution in [0.3, 0.4) is 0 Å². The smallest absolute Gasteiger partial charge is 0.416 e. The molecule has 2 N–H and O–H groups in total. The predicted octanol–water partition coefficient (Wildman–Crippen LogP) is 4.56. The molecule has 0 radical (unpaired) electrons. The van der Waals surface area contributed by atoms with Crippen molar-refractivity contribution in [1.82, 2.24) is 10.2 Å². The lowest BCUT2D eigenvalue weighted by molar-refractivity contribution is -0.137. The van der Waals surface area contributed by atoms with Crippen LogP contribution in [0.1, 0.15) is 59.7 Å². The fourth-order valence-corrected chi connectivity index (χ4v) is 4.44. The number of carbonyl (C=O) groups is 2. The molecule has 1 heterocycles. The fraction of sp³-hybridized carbons (Fsp3) is 0.417. The maximum atomic E-state index is 13.4.